The van der Waals surface area contributed by atoms with E-state index in [-0.39, 0.29) is 31.6 Å². The highest BCUT2D eigenvalue weighted by atomic mass is 32.2. The molecule has 2 aromatic carbocycles. The summed E-state index contributed by atoms with van der Waals surface area (Å²) in [5, 5.41) is 1.51. The summed E-state index contributed by atoms with van der Waals surface area (Å²) in [5.74, 6) is -3.27. The van der Waals surface area contributed by atoms with E-state index in [0.29, 0.717) is 17.1 Å². The van der Waals surface area contributed by atoms with Gasteiger partial charge in [-0.25, -0.2) is 13.0 Å². The lowest BCUT2D eigenvalue weighted by molar-refractivity contribution is -0.274. The zero-order valence-corrected chi connectivity index (χ0v) is 20.9. The highest BCUT2D eigenvalue weighted by molar-refractivity contribution is 7.81. The van der Waals surface area contributed by atoms with Crippen molar-refractivity contribution in [2.24, 2.45) is 0 Å². The maximum absolute atomic E-state index is 14.3. The maximum Gasteiger partial charge on any atom is 0.573 e. The Bertz CT molecular complexity index is 1220. The largest absolute Gasteiger partial charge is 0.573 e. The van der Waals surface area contributed by atoms with Gasteiger partial charge < -0.3 is 4.74 Å². The van der Waals surface area contributed by atoms with Gasteiger partial charge in [-0.15, -0.1) is 24.5 Å². The Morgan fingerprint density at radius 2 is 1.89 bits per heavy atom. The van der Waals surface area contributed by atoms with E-state index in [9.17, 15) is 30.7 Å². The number of anilines is 1. The van der Waals surface area contributed by atoms with Gasteiger partial charge in [-0.05, 0) is 61.0 Å². The summed E-state index contributed by atoms with van der Waals surface area (Å²) >= 11 is -1.08. The van der Waals surface area contributed by atoms with Crippen LogP contribution in [0.25, 0.3) is 10.1 Å². The van der Waals surface area contributed by atoms with Crippen LogP contribution in [0.3, 0.4) is 0 Å². The van der Waals surface area contributed by atoms with Crippen LogP contribution in [0.15, 0.2) is 48.5 Å². The second kappa shape index (κ2) is 10.6. The van der Waals surface area contributed by atoms with Gasteiger partial charge >= 0.3 is 6.36 Å². The third-order valence-electron chi connectivity index (χ3n) is 6.18. The molecule has 1 N–H and O–H groups in total. The highest BCUT2D eigenvalue weighted by Gasteiger charge is 2.39. The summed E-state index contributed by atoms with van der Waals surface area (Å²) < 4.78 is 94.9. The lowest BCUT2D eigenvalue weighted by atomic mass is 9.99. The summed E-state index contributed by atoms with van der Waals surface area (Å²) in [6.45, 7) is 1.71. The molecule has 0 radical (unpaired) electrons. The second-order valence-electron chi connectivity index (χ2n) is 8.80. The normalized spacial score (nSPS) is 18.2. The van der Waals surface area contributed by atoms with Crippen molar-refractivity contribution in [3.63, 3.8) is 0 Å². The van der Waals surface area contributed by atoms with E-state index in [1.807, 2.05) is 31.2 Å². The van der Waals surface area contributed by atoms with E-state index in [2.05, 4.69) is 4.74 Å². The Hall–Kier alpha value is -2.28. The molecule has 1 aromatic heterocycles. The lowest BCUT2D eigenvalue weighted by Crippen LogP contribution is -2.52. The zero-order chi connectivity index (χ0) is 26.1. The number of rotatable bonds is 8. The fourth-order valence-electron chi connectivity index (χ4n) is 4.52. The highest BCUT2D eigenvalue weighted by Crippen LogP contribution is 2.39. The van der Waals surface area contributed by atoms with Gasteiger partial charge in [0.05, 0.1) is 13.1 Å². The van der Waals surface area contributed by atoms with Gasteiger partial charge in [0, 0.05) is 17.2 Å². The van der Waals surface area contributed by atoms with Crippen LogP contribution >= 0.6 is 11.3 Å². The van der Waals surface area contributed by atoms with Gasteiger partial charge in [0.25, 0.3) is 17.2 Å². The van der Waals surface area contributed by atoms with Gasteiger partial charge in [-0.2, -0.15) is 0 Å². The van der Waals surface area contributed by atoms with Crippen LogP contribution < -0.4 is 9.04 Å². The minimum Gasteiger partial charge on any atom is -0.406 e. The quantitative estimate of drug-likeness (QED) is 0.262. The summed E-state index contributed by atoms with van der Waals surface area (Å²) in [5.41, 5.74) is 1.41. The Balaban J connectivity index is 1.63. The lowest BCUT2D eigenvalue weighted by Gasteiger charge is -2.39. The molecule has 0 saturated carbocycles. The Labute approximate surface area is 211 Å². The SMILES string of the molecule is Cc1c(N(CC(Cc2ccc(OC(F)(F)F)cc2)N2CCCC(F)(F)C2)S(=O)O)sc2ccccc12. The van der Waals surface area contributed by atoms with Crippen LogP contribution in [0.1, 0.15) is 24.0 Å². The van der Waals surface area contributed by atoms with E-state index in [1.165, 1.54) is 39.9 Å². The number of nitrogens with zero attached hydrogens (tertiary/aromatic N) is 2. The van der Waals surface area contributed by atoms with Crippen LogP contribution in [-0.2, 0) is 17.7 Å². The average molecular weight is 549 g/mol. The van der Waals surface area contributed by atoms with Gasteiger partial charge in [-0.1, -0.05) is 30.3 Å². The maximum atomic E-state index is 14.3. The molecule has 0 spiro atoms. The monoisotopic (exact) mass is 548 g/mol. The zero-order valence-electron chi connectivity index (χ0n) is 19.3. The minimum atomic E-state index is -4.82. The summed E-state index contributed by atoms with van der Waals surface area (Å²) in [4.78, 5) is 1.60. The first-order valence-corrected chi connectivity index (χ1v) is 13.1. The van der Waals surface area contributed by atoms with Gasteiger partial charge in [0.1, 0.15) is 10.8 Å². The van der Waals surface area contributed by atoms with Crippen LogP contribution in [0.4, 0.5) is 27.0 Å². The molecular weight excluding hydrogens is 523 g/mol. The number of piperidine rings is 1. The van der Waals surface area contributed by atoms with Crippen LogP contribution in [0.2, 0.25) is 0 Å². The van der Waals surface area contributed by atoms with Crippen LogP contribution in [0, 0.1) is 6.92 Å². The van der Waals surface area contributed by atoms with Crippen molar-refractivity contribution >= 4 is 37.7 Å². The molecule has 5 nitrogen and oxygen atoms in total. The molecule has 1 fully saturated rings. The number of fused-ring (bicyclic) bond motifs is 1. The van der Waals surface area contributed by atoms with E-state index in [0.717, 1.165) is 15.6 Å². The Morgan fingerprint density at radius 1 is 1.19 bits per heavy atom. The van der Waals surface area contributed by atoms with E-state index in [4.69, 9.17) is 0 Å². The molecule has 1 aliphatic heterocycles. The number of hydrogen-bond acceptors (Lipinski definition) is 4. The smallest absolute Gasteiger partial charge is 0.406 e. The molecule has 196 valence electrons. The summed E-state index contributed by atoms with van der Waals surface area (Å²) in [7, 11) is 0. The topological polar surface area (TPSA) is 53.0 Å². The number of ether oxygens (including phenoxy) is 1. The number of likely N-dealkylation sites (tertiary alicyclic amines) is 1. The fraction of sp³-hybridized carbons (Fsp3) is 0.417. The van der Waals surface area contributed by atoms with Crippen molar-refractivity contribution in [3.8, 4) is 5.75 Å². The molecule has 2 atom stereocenters. The number of alkyl halides is 5. The average Bonchev–Trinajstić information content (AvgIpc) is 3.12. The van der Waals surface area contributed by atoms with Crippen molar-refractivity contribution in [2.75, 3.05) is 23.9 Å². The Kier molecular flexibility index (Phi) is 7.89. The fourth-order valence-corrected chi connectivity index (χ4v) is 6.53. The van der Waals surface area contributed by atoms with Crippen molar-refractivity contribution in [1.82, 2.24) is 4.90 Å². The number of aryl methyl sites for hydroxylation is 1. The molecule has 0 amide bonds. The first kappa shape index (κ1) is 26.8. The summed E-state index contributed by atoms with van der Waals surface area (Å²) in [6.07, 6.45) is -4.59. The minimum absolute atomic E-state index is 0.0202. The van der Waals surface area contributed by atoms with E-state index < -0.39 is 36.1 Å². The van der Waals surface area contributed by atoms with Gasteiger partial charge in [0.15, 0.2) is 0 Å². The molecule has 36 heavy (non-hydrogen) atoms. The molecule has 4 rings (SSSR count). The molecule has 3 aromatic rings. The third-order valence-corrected chi connectivity index (χ3v) is 8.30. The van der Waals surface area contributed by atoms with Crippen molar-refractivity contribution < 1.29 is 35.5 Å². The van der Waals surface area contributed by atoms with E-state index in [1.54, 1.807) is 4.90 Å². The van der Waals surface area contributed by atoms with Gasteiger partial charge in [-0.3, -0.25) is 13.8 Å². The van der Waals surface area contributed by atoms with Crippen molar-refractivity contribution in [1.29, 1.82) is 0 Å². The molecule has 1 saturated heterocycles. The van der Waals surface area contributed by atoms with Gasteiger partial charge in [0.2, 0.25) is 0 Å². The molecule has 0 bridgehead atoms. The molecule has 2 heterocycles. The van der Waals surface area contributed by atoms with Crippen LogP contribution in [0.5, 0.6) is 5.75 Å². The Morgan fingerprint density at radius 3 is 2.50 bits per heavy atom. The molecule has 12 heteroatoms. The predicted octanol–water partition coefficient (Wildman–Crippen LogP) is 6.39. The standard InChI is InChI=1S/C24H25F5N2O3S2/c1-16-20-5-2-3-6-21(20)35-22(16)31(36(32)33)14-18(30-12-4-11-23(25,26)15-30)13-17-7-9-19(10-8-17)34-24(27,28)29/h2-3,5-10,18H,4,11-15H2,1H3,(H,32,33). The number of halogens is 5. The first-order valence-electron chi connectivity index (χ1n) is 11.2. The van der Waals surface area contributed by atoms with E-state index >= 15 is 0 Å². The molecule has 0 aliphatic carbocycles. The van der Waals surface area contributed by atoms with Crippen LogP contribution in [-0.4, -0.2) is 51.6 Å². The van der Waals surface area contributed by atoms with Crippen molar-refractivity contribution in [3.05, 3.63) is 59.7 Å². The number of benzene rings is 2. The first-order chi connectivity index (χ1) is 16.9. The predicted molar refractivity (Wildman–Crippen MR) is 131 cm³/mol. The number of hydrogen-bond donors (Lipinski definition) is 1. The second-order valence-corrected chi connectivity index (χ2v) is 10.7. The molecular formula is C24H25F5N2O3S2. The number of thiophene rings is 1. The van der Waals surface area contributed by atoms with Crippen molar-refractivity contribution in [2.45, 2.75) is 44.5 Å². The summed E-state index contributed by atoms with van der Waals surface area (Å²) in [6, 6.07) is 12.2. The molecule has 1 aliphatic rings. The third kappa shape index (κ3) is 6.53. The molecule has 2 unspecified atom stereocenters.